The molecule has 0 radical (unpaired) electrons. The Balaban J connectivity index is 1.61. The first-order chi connectivity index (χ1) is 13.2. The first kappa shape index (κ1) is 15.9. The van der Waals surface area contributed by atoms with Gasteiger partial charge in [0.05, 0.1) is 11.3 Å². The maximum atomic E-state index is 11.2. The van der Waals surface area contributed by atoms with Crippen molar-refractivity contribution in [3.63, 3.8) is 0 Å². The minimum absolute atomic E-state index is 0.185. The van der Waals surface area contributed by atoms with Crippen LogP contribution in [0.25, 0.3) is 33.2 Å². The maximum absolute atomic E-state index is 11.2. The number of aromatic nitrogens is 5. The molecule has 1 aliphatic carbocycles. The van der Waals surface area contributed by atoms with Gasteiger partial charge in [-0.3, -0.25) is 4.98 Å². The van der Waals surface area contributed by atoms with Gasteiger partial charge in [0.1, 0.15) is 10.8 Å². The van der Waals surface area contributed by atoms with Gasteiger partial charge >= 0.3 is 5.76 Å². The molecule has 0 atom stereocenters. The van der Waals surface area contributed by atoms with E-state index in [-0.39, 0.29) is 5.89 Å². The molecule has 0 unspecified atom stereocenters. The summed E-state index contributed by atoms with van der Waals surface area (Å²) in [6.07, 6.45) is 7.43. The second kappa shape index (κ2) is 6.13. The van der Waals surface area contributed by atoms with Crippen LogP contribution in [0.1, 0.15) is 24.5 Å². The van der Waals surface area contributed by atoms with E-state index in [1.165, 1.54) is 12.8 Å². The number of pyridine rings is 2. The zero-order chi connectivity index (χ0) is 18.4. The normalized spacial score (nSPS) is 13.8. The quantitative estimate of drug-likeness (QED) is 0.559. The van der Waals surface area contributed by atoms with E-state index in [4.69, 9.17) is 15.1 Å². The number of nitrogens with one attached hydrogen (secondary N) is 1. The third-order valence-corrected chi connectivity index (χ3v) is 5.30. The van der Waals surface area contributed by atoms with Gasteiger partial charge in [0.2, 0.25) is 0 Å². The lowest BCUT2D eigenvalue weighted by Gasteiger charge is -2.08. The zero-order valence-electron chi connectivity index (χ0n) is 14.0. The summed E-state index contributed by atoms with van der Waals surface area (Å²) in [6, 6.07) is 3.67. The molecule has 0 aromatic carbocycles. The van der Waals surface area contributed by atoms with Gasteiger partial charge in [0.15, 0.2) is 0 Å². The molecule has 9 heteroatoms. The summed E-state index contributed by atoms with van der Waals surface area (Å²) in [5.41, 5.74) is 10.2. The molecule has 0 aliphatic heterocycles. The van der Waals surface area contributed by atoms with Crippen LogP contribution >= 0.6 is 11.3 Å². The van der Waals surface area contributed by atoms with Crippen molar-refractivity contribution in [3.8, 4) is 33.2 Å². The van der Waals surface area contributed by atoms with Crippen molar-refractivity contribution >= 4 is 17.2 Å². The smallest absolute Gasteiger partial charge is 0.388 e. The number of nitrogens with zero attached hydrogens (tertiary/aromatic N) is 4. The molecule has 0 spiro atoms. The van der Waals surface area contributed by atoms with E-state index in [0.717, 1.165) is 27.4 Å². The molecule has 3 N–H and O–H groups in total. The van der Waals surface area contributed by atoms with Crippen molar-refractivity contribution in [2.75, 3.05) is 5.73 Å². The fourth-order valence-corrected chi connectivity index (χ4v) is 3.84. The first-order valence-corrected chi connectivity index (χ1v) is 9.28. The molecule has 0 amide bonds. The Morgan fingerprint density at radius 2 is 2.00 bits per heavy atom. The number of rotatable bonds is 4. The number of H-pyrrole nitrogens is 1. The fraction of sp³-hybridized carbons (Fsp3) is 0.167. The molecule has 8 nitrogen and oxygen atoms in total. The van der Waals surface area contributed by atoms with Crippen LogP contribution in [0.15, 0.2) is 45.3 Å². The summed E-state index contributed by atoms with van der Waals surface area (Å²) in [6.45, 7) is 0. The molecule has 4 aromatic rings. The summed E-state index contributed by atoms with van der Waals surface area (Å²) in [4.78, 5) is 24.5. The SMILES string of the molecule is Nc1cc(-c2nc(C3CC3)cs2)c(-c2cncc(-c3n[nH]c(=O)o3)c2)cn1. The van der Waals surface area contributed by atoms with E-state index in [2.05, 4.69) is 25.5 Å². The van der Waals surface area contributed by atoms with Crippen molar-refractivity contribution in [3.05, 3.63) is 52.3 Å². The van der Waals surface area contributed by atoms with Crippen molar-refractivity contribution in [1.29, 1.82) is 0 Å². The van der Waals surface area contributed by atoms with Crippen molar-refractivity contribution in [1.82, 2.24) is 25.1 Å². The first-order valence-electron chi connectivity index (χ1n) is 8.40. The van der Waals surface area contributed by atoms with Crippen LogP contribution in [-0.4, -0.2) is 25.1 Å². The highest BCUT2D eigenvalue weighted by atomic mass is 32.1. The number of nitrogens with two attached hydrogens (primary N) is 1. The molecule has 0 saturated heterocycles. The van der Waals surface area contributed by atoms with Crippen LogP contribution in [-0.2, 0) is 0 Å². The number of aromatic amines is 1. The highest BCUT2D eigenvalue weighted by Crippen LogP contribution is 2.43. The Bertz CT molecular complexity index is 1190. The molecule has 5 rings (SSSR count). The van der Waals surface area contributed by atoms with Gasteiger partial charge in [0, 0.05) is 46.6 Å². The molecule has 0 bridgehead atoms. The number of anilines is 1. The van der Waals surface area contributed by atoms with E-state index >= 15 is 0 Å². The van der Waals surface area contributed by atoms with Crippen LogP contribution in [0.5, 0.6) is 0 Å². The molecule has 4 aromatic heterocycles. The predicted octanol–water partition coefficient (Wildman–Crippen LogP) is 3.07. The lowest BCUT2D eigenvalue weighted by molar-refractivity contribution is 0.527. The van der Waals surface area contributed by atoms with Crippen LogP contribution in [0.4, 0.5) is 5.82 Å². The van der Waals surface area contributed by atoms with Gasteiger partial charge in [-0.25, -0.2) is 19.9 Å². The molecular formula is C18H14N6O2S. The zero-order valence-corrected chi connectivity index (χ0v) is 14.9. The molecule has 4 heterocycles. The molecule has 134 valence electrons. The summed E-state index contributed by atoms with van der Waals surface area (Å²) in [5.74, 6) is 0.592. The van der Waals surface area contributed by atoms with Gasteiger partial charge in [-0.15, -0.1) is 16.4 Å². The molecule has 1 fully saturated rings. The highest BCUT2D eigenvalue weighted by Gasteiger charge is 2.26. The van der Waals surface area contributed by atoms with Gasteiger partial charge in [-0.05, 0) is 25.0 Å². The lowest BCUT2D eigenvalue weighted by atomic mass is 10.0. The van der Waals surface area contributed by atoms with E-state index in [1.807, 2.05) is 12.1 Å². The second-order valence-electron chi connectivity index (χ2n) is 6.39. The highest BCUT2D eigenvalue weighted by molar-refractivity contribution is 7.13. The van der Waals surface area contributed by atoms with E-state index in [1.54, 1.807) is 29.9 Å². The Hall–Kier alpha value is -3.33. The topological polar surface area (TPSA) is 124 Å². The lowest BCUT2D eigenvalue weighted by Crippen LogP contribution is -1.94. The number of nitrogen functional groups attached to an aromatic ring is 1. The van der Waals surface area contributed by atoms with Gasteiger partial charge < -0.3 is 10.2 Å². The van der Waals surface area contributed by atoms with Gasteiger partial charge in [-0.2, -0.15) is 0 Å². The minimum atomic E-state index is -0.611. The fourth-order valence-electron chi connectivity index (χ4n) is 2.91. The van der Waals surface area contributed by atoms with Gasteiger partial charge in [0.25, 0.3) is 5.89 Å². The average Bonchev–Trinajstić information content (AvgIpc) is 3.24. The van der Waals surface area contributed by atoms with Crippen LogP contribution < -0.4 is 11.5 Å². The standard InChI is InChI=1S/C18H14N6O2S/c19-15-4-12(17-22-14(8-27-17)9-1-2-9)13(7-21-15)10-3-11(6-20-5-10)16-23-24-18(25)26-16/h3-9H,1-2H2,(H2,19,21)(H,24,25). The van der Waals surface area contributed by atoms with E-state index in [9.17, 15) is 4.79 Å². The number of thiazole rings is 1. The molecule has 27 heavy (non-hydrogen) atoms. The van der Waals surface area contributed by atoms with Crippen LogP contribution in [0, 0.1) is 0 Å². The largest absolute Gasteiger partial charge is 0.434 e. The average molecular weight is 378 g/mol. The monoisotopic (exact) mass is 378 g/mol. The molecule has 1 aliphatic rings. The number of hydrogen-bond donors (Lipinski definition) is 2. The Morgan fingerprint density at radius 3 is 2.78 bits per heavy atom. The number of hydrogen-bond acceptors (Lipinski definition) is 8. The Kier molecular flexibility index (Phi) is 3.61. The molecular weight excluding hydrogens is 364 g/mol. The van der Waals surface area contributed by atoms with E-state index in [0.29, 0.717) is 17.3 Å². The molecule has 1 saturated carbocycles. The predicted molar refractivity (Wildman–Crippen MR) is 101 cm³/mol. The summed E-state index contributed by atoms with van der Waals surface area (Å²) in [5, 5.41) is 9.12. The second-order valence-corrected chi connectivity index (χ2v) is 7.25. The van der Waals surface area contributed by atoms with Crippen molar-refractivity contribution < 1.29 is 4.42 Å². The maximum Gasteiger partial charge on any atom is 0.434 e. The van der Waals surface area contributed by atoms with Crippen molar-refractivity contribution in [2.45, 2.75) is 18.8 Å². The summed E-state index contributed by atoms with van der Waals surface area (Å²) in [7, 11) is 0. The Morgan fingerprint density at radius 1 is 1.15 bits per heavy atom. The van der Waals surface area contributed by atoms with Crippen LogP contribution in [0.2, 0.25) is 0 Å². The minimum Gasteiger partial charge on any atom is -0.388 e. The summed E-state index contributed by atoms with van der Waals surface area (Å²) >= 11 is 1.60. The van der Waals surface area contributed by atoms with Gasteiger partial charge in [-0.1, -0.05) is 0 Å². The van der Waals surface area contributed by atoms with Crippen LogP contribution in [0.3, 0.4) is 0 Å². The van der Waals surface area contributed by atoms with Crippen molar-refractivity contribution in [2.24, 2.45) is 0 Å². The van der Waals surface area contributed by atoms with E-state index < -0.39 is 5.76 Å². The third-order valence-electron chi connectivity index (χ3n) is 4.41. The summed E-state index contributed by atoms with van der Waals surface area (Å²) < 4.78 is 5.02. The Labute approximate surface area is 157 Å². The third kappa shape index (κ3) is 3.02.